The number of carbonyl (C=O) groups excluding carboxylic acids is 1. The van der Waals surface area contributed by atoms with Crippen molar-refractivity contribution in [2.45, 2.75) is 44.9 Å². The maximum atomic E-state index is 12.9. The van der Waals surface area contributed by atoms with Crippen LogP contribution in [0.1, 0.15) is 22.8 Å². The highest BCUT2D eigenvalue weighted by Gasteiger charge is 2.30. The average Bonchev–Trinajstić information content (AvgIpc) is 3.20. The number of hydrogen-bond acceptors (Lipinski definition) is 22. The molecule has 6 rings (SSSR count). The van der Waals surface area contributed by atoms with Crippen LogP contribution in [0.4, 0.5) is 34.1 Å². The molecule has 0 spiro atoms. The molecule has 11 N–H and O–H groups in total. The predicted octanol–water partition coefficient (Wildman–Crippen LogP) is 4.88. The van der Waals surface area contributed by atoms with Crippen LogP contribution in [-0.2, 0) is 57.1 Å². The molecule has 6 aromatic rings. The summed E-state index contributed by atoms with van der Waals surface area (Å²) in [4.78, 5) is 18.2. The van der Waals surface area contributed by atoms with Gasteiger partial charge in [-0.1, -0.05) is 0 Å². The van der Waals surface area contributed by atoms with E-state index in [9.17, 15) is 94.9 Å². The van der Waals surface area contributed by atoms with Crippen molar-refractivity contribution in [2.75, 3.05) is 0 Å². The normalized spacial score (nSPS) is 13.1. The summed E-state index contributed by atoms with van der Waals surface area (Å²) in [6.07, 6.45) is 0. The Bertz CT molecular complexity index is 4030. The van der Waals surface area contributed by atoms with Crippen LogP contribution in [-0.4, -0.2) is 95.8 Å². The topological polar surface area (TPSA) is 492 Å². The van der Waals surface area contributed by atoms with Crippen LogP contribution in [0.25, 0.3) is 21.5 Å². The minimum atomic E-state index is -5.69. The average molecular weight is 1060 g/mol. The van der Waals surface area contributed by atoms with Gasteiger partial charge in [0.1, 0.15) is 59.3 Å². The van der Waals surface area contributed by atoms with Crippen molar-refractivity contribution in [2.24, 2.45) is 36.4 Å². The zero-order valence-corrected chi connectivity index (χ0v) is 38.2. The summed E-state index contributed by atoms with van der Waals surface area (Å²) in [5.74, 6) is -5.74. The van der Waals surface area contributed by atoms with Crippen molar-refractivity contribution in [1.82, 2.24) is 4.57 Å². The van der Waals surface area contributed by atoms with Crippen LogP contribution >= 0.6 is 0 Å². The number of pyridine rings is 1. The monoisotopic (exact) mass is 1060 g/mol. The first-order chi connectivity index (χ1) is 31.7. The third kappa shape index (κ3) is 9.81. The Kier molecular flexibility index (Phi) is 13.0. The number of rotatable bonds is 13. The molecule has 1 amide bonds. The Morgan fingerprint density at radius 1 is 0.594 bits per heavy atom. The van der Waals surface area contributed by atoms with Gasteiger partial charge in [0.15, 0.2) is 11.5 Å². The van der Waals surface area contributed by atoms with Gasteiger partial charge in [-0.3, -0.25) is 36.9 Å². The number of phenolic OH excluding ortho intramolecular Hbond substituents is 3. The highest BCUT2D eigenvalue weighted by Crippen LogP contribution is 2.48. The van der Waals surface area contributed by atoms with Crippen LogP contribution in [0.3, 0.4) is 0 Å². The predicted molar refractivity (Wildman–Crippen MR) is 232 cm³/mol. The minimum absolute atomic E-state index is 0.161. The number of nitrogens with two attached hydrogens (primary N) is 1. The van der Waals surface area contributed by atoms with E-state index in [4.69, 9.17) is 5.73 Å². The number of hydrogen-bond donors (Lipinski definition) is 10. The number of nitrogens with zero attached hydrogens (tertiary/aromatic N) is 7. The third-order valence-corrected chi connectivity index (χ3v) is 14.0. The van der Waals surface area contributed by atoms with E-state index in [0.29, 0.717) is 36.4 Å². The molecule has 5 aromatic carbocycles. The van der Waals surface area contributed by atoms with Gasteiger partial charge in [0.25, 0.3) is 62.1 Å². The lowest BCUT2D eigenvalue weighted by atomic mass is 10.1. The highest BCUT2D eigenvalue weighted by molar-refractivity contribution is 7.87. The molecule has 0 aliphatic carbocycles. The van der Waals surface area contributed by atoms with Crippen LogP contribution in [0.15, 0.2) is 115 Å². The summed E-state index contributed by atoms with van der Waals surface area (Å²) in [7, 11) is -27.2. The largest absolute Gasteiger partial charge is 0.507 e. The summed E-state index contributed by atoms with van der Waals surface area (Å²) in [6, 6.07) is 5.54. The maximum Gasteiger partial charge on any atom is 0.297 e. The standard InChI is InChI=1S/C35H28N8O21S5/c1-3-43-34(48)25(33(36)47)13(2)27(35(43)49)40-37-15-4-6-19(22(10-15)66(53,54)55)38-41-28-24(68(59,60)61)12-18-17(30(28)45)5-7-20(32(18)69(62,63)64)39-42-29-23(67(56,57)58)9-14-8-16(65(50,51)52)11-21(44)26(14)31(29)46/h4-12,44-46,49H,3H2,1-2H3,(H2,36,47)(H,50,51,52)(H,53,54,55)(H,56,57,58)(H,59,60,61)(H,62,63,64)/b40-37+,41-38+,42-39+. The second kappa shape index (κ2) is 17.6. The van der Waals surface area contributed by atoms with Crippen molar-refractivity contribution < 1.29 is 90.1 Å². The Labute approximate surface area is 385 Å². The van der Waals surface area contributed by atoms with E-state index in [2.05, 4.69) is 30.7 Å². The van der Waals surface area contributed by atoms with E-state index in [0.717, 1.165) is 22.8 Å². The van der Waals surface area contributed by atoms with Gasteiger partial charge in [-0.05, 0) is 67.8 Å². The van der Waals surface area contributed by atoms with E-state index >= 15 is 0 Å². The van der Waals surface area contributed by atoms with Gasteiger partial charge >= 0.3 is 0 Å². The molecule has 34 heteroatoms. The van der Waals surface area contributed by atoms with Gasteiger partial charge in [-0.25, -0.2) is 0 Å². The number of phenols is 3. The third-order valence-electron chi connectivity index (χ3n) is 9.60. The van der Waals surface area contributed by atoms with Crippen LogP contribution in [0.5, 0.6) is 23.1 Å². The molecule has 0 fully saturated rings. The zero-order valence-electron chi connectivity index (χ0n) is 34.1. The molecule has 0 aliphatic rings. The number of carbonyl (C=O) groups is 1. The van der Waals surface area contributed by atoms with Gasteiger partial charge in [-0.15, -0.1) is 25.6 Å². The number of amides is 1. The molecule has 0 aliphatic heterocycles. The van der Waals surface area contributed by atoms with Gasteiger partial charge in [0.05, 0.1) is 16.0 Å². The molecule has 1 heterocycles. The fourth-order valence-electron chi connectivity index (χ4n) is 6.58. The van der Waals surface area contributed by atoms with Crippen LogP contribution in [0.2, 0.25) is 0 Å². The SMILES string of the molecule is CCn1c(O)c(/N=N/c2ccc(/N=N/c3c(S(=O)(=O)O)cc4c(S(=O)(=O)O)c(/N=N/c5c(S(=O)(=O)O)cc6cc(S(=O)(=O)O)cc(O)c6c5O)ccc4c3O)c(S(=O)(=O)O)c2)c(C)c(C(N)=O)c1=O. The number of aromatic nitrogens is 1. The van der Waals surface area contributed by atoms with E-state index in [1.807, 2.05) is 0 Å². The van der Waals surface area contributed by atoms with Gasteiger partial charge in [0, 0.05) is 28.9 Å². The Balaban J connectivity index is 1.51. The molecule has 0 atom stereocenters. The Hall–Kier alpha value is -7.41. The molecular formula is C35H28N8O21S5. The number of benzene rings is 5. The Morgan fingerprint density at radius 3 is 1.67 bits per heavy atom. The summed E-state index contributed by atoms with van der Waals surface area (Å²) >= 11 is 0. The highest BCUT2D eigenvalue weighted by atomic mass is 32.2. The number of azo groups is 3. The molecule has 0 bridgehead atoms. The molecule has 0 unspecified atom stereocenters. The van der Waals surface area contributed by atoms with Crippen molar-refractivity contribution in [3.8, 4) is 23.1 Å². The van der Waals surface area contributed by atoms with Gasteiger partial charge < -0.3 is 26.2 Å². The quantitative estimate of drug-likeness (QED) is 0.0544. The van der Waals surface area contributed by atoms with Crippen molar-refractivity contribution >= 4 is 112 Å². The van der Waals surface area contributed by atoms with E-state index in [1.165, 1.54) is 13.8 Å². The number of fused-ring (bicyclic) bond motifs is 2. The first-order valence-electron chi connectivity index (χ1n) is 18.1. The summed E-state index contributed by atoms with van der Waals surface area (Å²) in [5, 5.41) is 61.9. The summed E-state index contributed by atoms with van der Waals surface area (Å²) in [5.41, 5.74) is -1.62. The second-order valence-electron chi connectivity index (χ2n) is 13.9. The lowest BCUT2D eigenvalue weighted by molar-refractivity contribution is 0.0997. The van der Waals surface area contributed by atoms with E-state index in [-0.39, 0.29) is 12.1 Å². The molecule has 29 nitrogen and oxygen atoms in total. The molecule has 364 valence electrons. The summed E-state index contributed by atoms with van der Waals surface area (Å²) in [6.45, 7) is 2.48. The zero-order chi connectivity index (χ0) is 51.7. The maximum absolute atomic E-state index is 12.9. The van der Waals surface area contributed by atoms with Gasteiger partial charge in [-0.2, -0.15) is 47.2 Å². The number of aromatic hydroxyl groups is 4. The molecular weight excluding hydrogens is 1030 g/mol. The first-order valence-corrected chi connectivity index (χ1v) is 25.3. The minimum Gasteiger partial charge on any atom is -0.507 e. The van der Waals surface area contributed by atoms with E-state index < -0.39 is 171 Å². The van der Waals surface area contributed by atoms with Crippen molar-refractivity contribution in [1.29, 1.82) is 0 Å². The molecule has 0 saturated carbocycles. The van der Waals surface area contributed by atoms with Crippen molar-refractivity contribution in [3.05, 3.63) is 76.1 Å². The van der Waals surface area contributed by atoms with Crippen molar-refractivity contribution in [3.63, 3.8) is 0 Å². The molecule has 69 heavy (non-hydrogen) atoms. The first kappa shape index (κ1) is 51.0. The molecule has 1 aromatic heterocycles. The van der Waals surface area contributed by atoms with Crippen LogP contribution in [0, 0.1) is 6.92 Å². The molecule has 0 radical (unpaired) electrons. The fraction of sp³-hybridized carbons (Fsp3) is 0.0857. The smallest absolute Gasteiger partial charge is 0.297 e. The molecule has 0 saturated heterocycles. The Morgan fingerprint density at radius 2 is 1.13 bits per heavy atom. The van der Waals surface area contributed by atoms with E-state index in [1.54, 1.807) is 0 Å². The number of primary amides is 1. The van der Waals surface area contributed by atoms with Gasteiger partial charge in [0.2, 0.25) is 5.88 Å². The lowest BCUT2D eigenvalue weighted by Crippen LogP contribution is -2.30. The second-order valence-corrected chi connectivity index (χ2v) is 20.9. The van der Waals surface area contributed by atoms with Crippen LogP contribution < -0.4 is 11.3 Å². The lowest BCUT2D eigenvalue weighted by Gasteiger charge is -2.13. The fourth-order valence-corrected chi connectivity index (χ4v) is 9.89. The summed E-state index contributed by atoms with van der Waals surface area (Å²) < 4.78 is 175.